The number of aliphatic carboxylic acids is 1. The molecule has 40 heavy (non-hydrogen) atoms. The number of nitrogens with one attached hydrogen (secondary N) is 1. The Morgan fingerprint density at radius 3 is 2.35 bits per heavy atom. The third-order valence-electron chi connectivity index (χ3n) is 6.25. The average Bonchev–Trinajstić information content (AvgIpc) is 3.62. The van der Waals surface area contributed by atoms with Gasteiger partial charge in [-0.1, -0.05) is 35.5 Å². The Morgan fingerprint density at radius 2 is 1.68 bits per heavy atom. The molecule has 3 heterocycles. The molecule has 2 aromatic carbocycles. The van der Waals surface area contributed by atoms with Gasteiger partial charge in [-0.3, -0.25) is 10.1 Å². The Bertz CT molecular complexity index is 1660. The molecule has 206 valence electrons. The Morgan fingerprint density at radius 1 is 1.00 bits per heavy atom. The topological polar surface area (TPSA) is 125 Å². The summed E-state index contributed by atoms with van der Waals surface area (Å²) in [6.07, 6.45) is -1.20. The second-order valence-corrected chi connectivity index (χ2v) is 11.0. The lowest BCUT2D eigenvalue weighted by Gasteiger charge is -2.14. The first kappa shape index (κ1) is 27.2. The highest BCUT2D eigenvalue weighted by Crippen LogP contribution is 2.46. The number of carboxylic acids is 1. The highest BCUT2D eigenvalue weighted by atomic mass is 32.1. The maximum absolute atomic E-state index is 12.7. The van der Waals surface area contributed by atoms with Crippen molar-refractivity contribution in [3.63, 3.8) is 0 Å². The second-order valence-electron chi connectivity index (χ2n) is 8.88. The number of carbonyl (C=O) groups excluding carboxylic acids is 1. The van der Waals surface area contributed by atoms with Gasteiger partial charge in [-0.05, 0) is 36.8 Å². The summed E-state index contributed by atoms with van der Waals surface area (Å²) in [6, 6.07) is 17.1. The molecule has 0 fully saturated rings. The zero-order valence-electron chi connectivity index (χ0n) is 22.1. The van der Waals surface area contributed by atoms with Crippen LogP contribution in [0.2, 0.25) is 0 Å². The standard InChI is InChI=1S/C28H26N4O6S2/c1-15(16-8-6-5-7-9-16)38-28(35)29-27-26(30-31-32(27)2)24-14-23-22(40-24)13-21(39-23)18-12-19(36-3)17(11-25(33)34)10-20(18)37-4/h5-10,12-15H,11H2,1-4H3,(H,29,35)(H,33,34). The number of methoxy groups -OCH3 is 2. The molecule has 1 unspecified atom stereocenters. The van der Waals surface area contributed by atoms with Gasteiger partial charge in [0.1, 0.15) is 23.3 Å². The van der Waals surface area contributed by atoms with Crippen LogP contribution in [0.3, 0.4) is 0 Å². The van der Waals surface area contributed by atoms with E-state index in [1.807, 2.05) is 49.4 Å². The molecule has 0 aliphatic heterocycles. The molecule has 0 aliphatic rings. The predicted molar refractivity (Wildman–Crippen MR) is 155 cm³/mol. The Labute approximate surface area is 237 Å². The summed E-state index contributed by atoms with van der Waals surface area (Å²) in [4.78, 5) is 25.8. The van der Waals surface area contributed by atoms with Crippen molar-refractivity contribution >= 4 is 50.0 Å². The lowest BCUT2D eigenvalue weighted by atomic mass is 10.0. The third kappa shape index (κ3) is 5.49. The predicted octanol–water partition coefficient (Wildman–Crippen LogP) is 6.38. The Kier molecular flexibility index (Phi) is 7.71. The normalized spacial score (nSPS) is 11.8. The van der Waals surface area contributed by atoms with Gasteiger partial charge in [0.05, 0.1) is 25.5 Å². The summed E-state index contributed by atoms with van der Waals surface area (Å²) in [7, 11) is 4.77. The molecule has 1 atom stereocenters. The number of carbonyl (C=O) groups is 2. The van der Waals surface area contributed by atoms with Gasteiger partial charge in [0, 0.05) is 32.5 Å². The number of fused-ring (bicyclic) bond motifs is 1. The molecule has 1 amide bonds. The van der Waals surface area contributed by atoms with Gasteiger partial charge in [0.2, 0.25) is 0 Å². The Hall–Kier alpha value is -4.42. The number of amides is 1. The summed E-state index contributed by atoms with van der Waals surface area (Å²) < 4.78 is 20.1. The molecule has 10 nitrogen and oxygen atoms in total. The number of aryl methyl sites for hydroxylation is 1. The number of hydrogen-bond donors (Lipinski definition) is 2. The average molecular weight is 579 g/mol. The van der Waals surface area contributed by atoms with Crippen LogP contribution in [0.1, 0.15) is 24.2 Å². The number of hydrogen-bond acceptors (Lipinski definition) is 9. The van der Waals surface area contributed by atoms with Gasteiger partial charge in [-0.25, -0.2) is 9.48 Å². The van der Waals surface area contributed by atoms with Gasteiger partial charge in [-0.15, -0.1) is 27.8 Å². The number of aromatic nitrogens is 3. The maximum Gasteiger partial charge on any atom is 0.413 e. The smallest absolute Gasteiger partial charge is 0.413 e. The fraction of sp³-hybridized carbons (Fsp3) is 0.214. The summed E-state index contributed by atoms with van der Waals surface area (Å²) in [6.45, 7) is 1.81. The third-order valence-corrected chi connectivity index (χ3v) is 8.58. The summed E-state index contributed by atoms with van der Waals surface area (Å²) in [5.41, 5.74) is 2.77. The van der Waals surface area contributed by atoms with Crippen LogP contribution < -0.4 is 14.8 Å². The van der Waals surface area contributed by atoms with Crippen molar-refractivity contribution in [1.82, 2.24) is 15.0 Å². The van der Waals surface area contributed by atoms with Crippen LogP contribution in [0, 0.1) is 0 Å². The van der Waals surface area contributed by atoms with Crippen molar-refractivity contribution in [1.29, 1.82) is 0 Å². The van der Waals surface area contributed by atoms with E-state index in [4.69, 9.17) is 14.2 Å². The van der Waals surface area contributed by atoms with Crippen LogP contribution in [-0.2, 0) is 23.0 Å². The van der Waals surface area contributed by atoms with Crippen LogP contribution in [0.15, 0.2) is 54.6 Å². The minimum absolute atomic E-state index is 0.171. The fourth-order valence-corrected chi connectivity index (χ4v) is 6.68. The SMILES string of the molecule is COc1cc(-c2cc3sc(-c4nnn(C)c4NC(=O)OC(C)c4ccccc4)cc3s2)c(OC)cc1CC(=O)O. The van der Waals surface area contributed by atoms with Crippen LogP contribution in [0.25, 0.3) is 30.4 Å². The van der Waals surface area contributed by atoms with E-state index in [0.717, 1.165) is 30.3 Å². The van der Waals surface area contributed by atoms with Gasteiger partial charge >= 0.3 is 12.1 Å². The first-order valence-electron chi connectivity index (χ1n) is 12.2. The van der Waals surface area contributed by atoms with E-state index in [0.29, 0.717) is 28.6 Å². The van der Waals surface area contributed by atoms with Crippen LogP contribution in [0.4, 0.5) is 10.6 Å². The summed E-state index contributed by atoms with van der Waals surface area (Å²) >= 11 is 3.08. The fourth-order valence-electron chi connectivity index (χ4n) is 4.28. The van der Waals surface area contributed by atoms with Crippen molar-refractivity contribution in [2.75, 3.05) is 19.5 Å². The molecule has 5 rings (SSSR count). The van der Waals surface area contributed by atoms with E-state index in [1.165, 1.54) is 23.1 Å². The number of thiophene rings is 2. The number of benzene rings is 2. The van der Waals surface area contributed by atoms with E-state index in [2.05, 4.69) is 15.6 Å². The number of nitrogens with zero attached hydrogens (tertiary/aromatic N) is 3. The largest absolute Gasteiger partial charge is 0.496 e. The molecule has 0 aliphatic carbocycles. The van der Waals surface area contributed by atoms with E-state index in [1.54, 1.807) is 37.6 Å². The number of anilines is 1. The molecule has 3 aromatic heterocycles. The van der Waals surface area contributed by atoms with E-state index in [-0.39, 0.29) is 6.42 Å². The summed E-state index contributed by atoms with van der Waals surface area (Å²) in [5.74, 6) is 0.531. The van der Waals surface area contributed by atoms with Crippen molar-refractivity contribution in [3.8, 4) is 32.5 Å². The van der Waals surface area contributed by atoms with Crippen molar-refractivity contribution in [2.45, 2.75) is 19.4 Å². The summed E-state index contributed by atoms with van der Waals surface area (Å²) in [5, 5.41) is 20.4. The van der Waals surface area contributed by atoms with Crippen molar-refractivity contribution < 1.29 is 28.9 Å². The van der Waals surface area contributed by atoms with Gasteiger partial charge < -0.3 is 19.3 Å². The molecular formula is C28H26N4O6S2. The molecule has 0 saturated carbocycles. The van der Waals surface area contributed by atoms with Crippen LogP contribution in [0.5, 0.6) is 11.5 Å². The first-order valence-corrected chi connectivity index (χ1v) is 13.8. The van der Waals surface area contributed by atoms with Crippen LogP contribution >= 0.6 is 22.7 Å². The van der Waals surface area contributed by atoms with Gasteiger partial charge in [0.25, 0.3) is 0 Å². The molecule has 2 N–H and O–H groups in total. The van der Waals surface area contributed by atoms with Crippen molar-refractivity contribution in [3.05, 3.63) is 65.7 Å². The molecule has 0 bridgehead atoms. The van der Waals surface area contributed by atoms with Crippen LogP contribution in [-0.4, -0.2) is 46.4 Å². The van der Waals surface area contributed by atoms with E-state index in [9.17, 15) is 14.7 Å². The maximum atomic E-state index is 12.7. The lowest BCUT2D eigenvalue weighted by molar-refractivity contribution is -0.136. The molecule has 0 radical (unpaired) electrons. The van der Waals surface area contributed by atoms with E-state index >= 15 is 0 Å². The molecular weight excluding hydrogens is 552 g/mol. The Balaban J connectivity index is 1.40. The minimum Gasteiger partial charge on any atom is -0.496 e. The highest BCUT2D eigenvalue weighted by molar-refractivity contribution is 7.31. The van der Waals surface area contributed by atoms with Crippen molar-refractivity contribution in [2.24, 2.45) is 7.05 Å². The number of ether oxygens (including phenoxy) is 3. The van der Waals surface area contributed by atoms with Gasteiger partial charge in [0.15, 0.2) is 5.82 Å². The number of rotatable bonds is 9. The molecule has 0 spiro atoms. The zero-order chi connectivity index (χ0) is 28.4. The molecule has 5 aromatic rings. The quantitative estimate of drug-likeness (QED) is 0.206. The minimum atomic E-state index is -0.950. The van der Waals surface area contributed by atoms with E-state index < -0.39 is 18.2 Å². The molecule has 0 saturated heterocycles. The van der Waals surface area contributed by atoms with Gasteiger partial charge in [-0.2, -0.15) is 0 Å². The highest BCUT2D eigenvalue weighted by Gasteiger charge is 2.22. The molecule has 12 heteroatoms. The number of carboxylic acid groups (broad SMARTS) is 1. The zero-order valence-corrected chi connectivity index (χ0v) is 23.8. The lowest BCUT2D eigenvalue weighted by Crippen LogP contribution is -2.18. The second kappa shape index (κ2) is 11.4. The first-order chi connectivity index (χ1) is 19.3. The monoisotopic (exact) mass is 578 g/mol.